The van der Waals surface area contributed by atoms with Gasteiger partial charge in [-0.15, -0.1) is 0 Å². The van der Waals surface area contributed by atoms with Gasteiger partial charge in [-0.3, -0.25) is 4.99 Å². The Morgan fingerprint density at radius 3 is 2.96 bits per heavy atom. The predicted octanol–water partition coefficient (Wildman–Crippen LogP) is 3.55. The van der Waals surface area contributed by atoms with Crippen molar-refractivity contribution in [3.05, 3.63) is 35.8 Å². The molecule has 1 heterocycles. The van der Waals surface area contributed by atoms with Crippen molar-refractivity contribution >= 4 is 28.6 Å². The lowest BCUT2D eigenvalue weighted by molar-refractivity contribution is 0.629. The number of unbranched alkanes of at least 4 members (excludes halogenated alkanes) is 1. The molecule has 4 nitrogen and oxygen atoms in total. The zero-order valence-electron chi connectivity index (χ0n) is 14.5. The Bertz CT molecular complexity index is 654. The van der Waals surface area contributed by atoms with Gasteiger partial charge in [-0.25, -0.2) is 4.39 Å². The number of guanidine groups is 1. The van der Waals surface area contributed by atoms with Crippen molar-refractivity contribution in [2.45, 2.75) is 26.2 Å². The van der Waals surface area contributed by atoms with Crippen molar-refractivity contribution < 1.29 is 4.39 Å². The van der Waals surface area contributed by atoms with Crippen LogP contribution in [0.1, 0.15) is 25.3 Å². The van der Waals surface area contributed by atoms with Gasteiger partial charge in [0.15, 0.2) is 5.96 Å². The summed E-state index contributed by atoms with van der Waals surface area (Å²) >= 11 is 1.88. The summed E-state index contributed by atoms with van der Waals surface area (Å²) in [6, 6.07) is 4.88. The third-order valence-electron chi connectivity index (χ3n) is 3.79. The Labute approximate surface area is 147 Å². The van der Waals surface area contributed by atoms with Crippen LogP contribution in [0.15, 0.2) is 29.4 Å². The number of halogens is 1. The van der Waals surface area contributed by atoms with Crippen molar-refractivity contribution in [2.24, 2.45) is 4.99 Å². The number of aliphatic imine (C=N–C) groups is 1. The van der Waals surface area contributed by atoms with E-state index < -0.39 is 0 Å². The standard InChI is InChI=1S/C18H27FN4S/c1-3-20-18(21-9-4-5-11-24-2)22-10-8-14-13-23-17-12-15(19)6-7-16(14)17/h6-7,12-13,23H,3-5,8-11H2,1-2H3,(H2,20,21,22). The Kier molecular flexibility index (Phi) is 7.95. The van der Waals surface area contributed by atoms with E-state index in [1.54, 1.807) is 0 Å². The van der Waals surface area contributed by atoms with Gasteiger partial charge >= 0.3 is 0 Å². The van der Waals surface area contributed by atoms with Crippen molar-refractivity contribution in [1.29, 1.82) is 0 Å². The molecular weight excluding hydrogens is 323 g/mol. The highest BCUT2D eigenvalue weighted by Gasteiger charge is 2.05. The molecule has 0 bridgehead atoms. The summed E-state index contributed by atoms with van der Waals surface area (Å²) in [5.74, 6) is 1.85. The normalized spacial score (nSPS) is 11.9. The fourth-order valence-electron chi connectivity index (χ4n) is 2.57. The molecule has 0 amide bonds. The van der Waals surface area contributed by atoms with Crippen molar-refractivity contribution in [3.63, 3.8) is 0 Å². The zero-order chi connectivity index (χ0) is 17.2. The minimum absolute atomic E-state index is 0.211. The van der Waals surface area contributed by atoms with Crippen LogP contribution < -0.4 is 10.6 Å². The van der Waals surface area contributed by atoms with Crippen LogP contribution in [0.25, 0.3) is 10.9 Å². The summed E-state index contributed by atoms with van der Waals surface area (Å²) in [5, 5.41) is 7.73. The van der Waals surface area contributed by atoms with E-state index in [2.05, 4.69) is 33.8 Å². The quantitative estimate of drug-likeness (QED) is 0.368. The molecular formula is C18H27FN4S. The second-order valence-electron chi connectivity index (χ2n) is 5.64. The zero-order valence-corrected chi connectivity index (χ0v) is 15.3. The molecule has 0 aliphatic rings. The minimum Gasteiger partial charge on any atom is -0.361 e. The molecule has 2 rings (SSSR count). The Balaban J connectivity index is 1.83. The van der Waals surface area contributed by atoms with Gasteiger partial charge in [-0.05, 0) is 62.0 Å². The molecule has 1 aromatic carbocycles. The first kappa shape index (κ1) is 18.6. The molecule has 0 radical (unpaired) electrons. The van der Waals surface area contributed by atoms with Crippen LogP contribution in [0.4, 0.5) is 4.39 Å². The summed E-state index contributed by atoms with van der Waals surface area (Å²) in [6.45, 7) is 4.56. The van der Waals surface area contributed by atoms with Crippen LogP contribution in [0.2, 0.25) is 0 Å². The Morgan fingerprint density at radius 1 is 1.29 bits per heavy atom. The fourth-order valence-corrected chi connectivity index (χ4v) is 3.06. The molecule has 0 fully saturated rings. The number of thioether (sulfide) groups is 1. The summed E-state index contributed by atoms with van der Waals surface area (Å²) in [5.41, 5.74) is 2.03. The highest BCUT2D eigenvalue weighted by Crippen LogP contribution is 2.19. The number of aromatic amines is 1. The fraction of sp³-hybridized carbons (Fsp3) is 0.500. The molecule has 0 saturated carbocycles. The van der Waals surface area contributed by atoms with E-state index in [-0.39, 0.29) is 5.82 Å². The highest BCUT2D eigenvalue weighted by atomic mass is 32.2. The molecule has 1 aromatic heterocycles. The first-order chi connectivity index (χ1) is 11.7. The third-order valence-corrected chi connectivity index (χ3v) is 4.48. The lowest BCUT2D eigenvalue weighted by atomic mass is 10.1. The van der Waals surface area contributed by atoms with Crippen LogP contribution in [0, 0.1) is 5.82 Å². The smallest absolute Gasteiger partial charge is 0.191 e. The Morgan fingerprint density at radius 2 is 2.17 bits per heavy atom. The average Bonchev–Trinajstić information content (AvgIpc) is 2.96. The van der Waals surface area contributed by atoms with Crippen LogP contribution in [-0.2, 0) is 6.42 Å². The van der Waals surface area contributed by atoms with Gasteiger partial charge in [0.05, 0.1) is 0 Å². The van der Waals surface area contributed by atoms with Gasteiger partial charge in [0.1, 0.15) is 5.82 Å². The van der Waals surface area contributed by atoms with Crippen molar-refractivity contribution in [3.8, 4) is 0 Å². The van der Waals surface area contributed by atoms with E-state index in [1.165, 1.54) is 29.9 Å². The second-order valence-corrected chi connectivity index (χ2v) is 6.63. The molecule has 0 unspecified atom stereocenters. The number of nitrogens with zero attached hydrogens (tertiary/aromatic N) is 1. The van der Waals surface area contributed by atoms with E-state index >= 15 is 0 Å². The van der Waals surface area contributed by atoms with Crippen LogP contribution in [-0.4, -0.2) is 42.6 Å². The third kappa shape index (κ3) is 5.74. The van der Waals surface area contributed by atoms with E-state index in [0.29, 0.717) is 0 Å². The number of nitrogens with one attached hydrogen (secondary N) is 3. The number of rotatable bonds is 9. The summed E-state index contributed by atoms with van der Waals surface area (Å²) in [6.07, 6.45) is 7.27. The topological polar surface area (TPSA) is 52.2 Å². The second kappa shape index (κ2) is 10.2. The highest BCUT2D eigenvalue weighted by molar-refractivity contribution is 7.98. The molecule has 0 aliphatic heterocycles. The largest absolute Gasteiger partial charge is 0.361 e. The summed E-state index contributed by atoms with van der Waals surface area (Å²) in [7, 11) is 0. The summed E-state index contributed by atoms with van der Waals surface area (Å²) < 4.78 is 13.2. The first-order valence-electron chi connectivity index (χ1n) is 8.51. The minimum atomic E-state index is -0.211. The van der Waals surface area contributed by atoms with Crippen LogP contribution in [0.5, 0.6) is 0 Å². The molecule has 132 valence electrons. The lowest BCUT2D eigenvalue weighted by Crippen LogP contribution is -2.38. The van der Waals surface area contributed by atoms with Gasteiger partial charge in [0.2, 0.25) is 0 Å². The van der Waals surface area contributed by atoms with Gasteiger partial charge in [0, 0.05) is 36.7 Å². The number of aromatic nitrogens is 1. The predicted molar refractivity (Wildman–Crippen MR) is 104 cm³/mol. The van der Waals surface area contributed by atoms with E-state index in [9.17, 15) is 4.39 Å². The maximum Gasteiger partial charge on any atom is 0.191 e. The SMILES string of the molecule is CCNC(=NCCCCSC)NCCc1c[nH]c2cc(F)ccc12. The number of fused-ring (bicyclic) bond motifs is 1. The van der Waals surface area contributed by atoms with E-state index in [4.69, 9.17) is 0 Å². The first-order valence-corrected chi connectivity index (χ1v) is 9.90. The van der Waals surface area contributed by atoms with Crippen molar-refractivity contribution in [2.75, 3.05) is 31.6 Å². The van der Waals surface area contributed by atoms with Gasteiger partial charge < -0.3 is 15.6 Å². The molecule has 0 aliphatic carbocycles. The number of benzene rings is 1. The van der Waals surface area contributed by atoms with Gasteiger partial charge in [-0.1, -0.05) is 0 Å². The van der Waals surface area contributed by atoms with Gasteiger partial charge in [0.25, 0.3) is 0 Å². The molecule has 0 saturated heterocycles. The maximum absolute atomic E-state index is 13.2. The van der Waals surface area contributed by atoms with Crippen LogP contribution >= 0.6 is 11.8 Å². The molecule has 2 aromatic rings. The number of hydrogen-bond acceptors (Lipinski definition) is 2. The molecule has 0 spiro atoms. The number of H-pyrrole nitrogens is 1. The average molecular weight is 351 g/mol. The van der Waals surface area contributed by atoms with E-state index in [1.807, 2.05) is 24.0 Å². The molecule has 3 N–H and O–H groups in total. The number of hydrogen-bond donors (Lipinski definition) is 3. The van der Waals surface area contributed by atoms with Gasteiger partial charge in [-0.2, -0.15) is 11.8 Å². The summed E-state index contributed by atoms with van der Waals surface area (Å²) in [4.78, 5) is 7.74. The molecule has 0 atom stereocenters. The lowest BCUT2D eigenvalue weighted by Gasteiger charge is -2.11. The van der Waals surface area contributed by atoms with Crippen molar-refractivity contribution in [1.82, 2.24) is 15.6 Å². The Hall–Kier alpha value is -1.69. The van der Waals surface area contributed by atoms with Crippen LogP contribution in [0.3, 0.4) is 0 Å². The molecule has 6 heteroatoms. The van der Waals surface area contributed by atoms with E-state index in [0.717, 1.165) is 49.3 Å². The maximum atomic E-state index is 13.2. The molecule has 24 heavy (non-hydrogen) atoms. The monoisotopic (exact) mass is 350 g/mol.